The molecule has 118 valence electrons. The predicted octanol–water partition coefficient (Wildman–Crippen LogP) is 4.30. The number of ether oxygens (including phenoxy) is 1. The van der Waals surface area contributed by atoms with Crippen LogP contribution in [0.1, 0.15) is 38.2 Å². The highest BCUT2D eigenvalue weighted by atomic mass is 19.4. The van der Waals surface area contributed by atoms with Gasteiger partial charge in [0.25, 0.3) is 0 Å². The van der Waals surface area contributed by atoms with Crippen LogP contribution in [-0.2, 0) is 6.42 Å². The maximum Gasteiger partial charge on any atom is 0.573 e. The van der Waals surface area contributed by atoms with Crippen LogP contribution in [0.5, 0.6) is 5.75 Å². The number of benzene rings is 1. The Hall–Kier alpha value is -1.23. The zero-order valence-corrected chi connectivity index (χ0v) is 12.2. The molecule has 1 atom stereocenters. The zero-order chi connectivity index (χ0) is 15.3. The largest absolute Gasteiger partial charge is 0.573 e. The van der Waals surface area contributed by atoms with Gasteiger partial charge in [-0.05, 0) is 62.3 Å². The summed E-state index contributed by atoms with van der Waals surface area (Å²) in [5.41, 5.74) is 1.05. The first kappa shape index (κ1) is 16.1. The van der Waals surface area contributed by atoms with Gasteiger partial charge in [-0.2, -0.15) is 0 Å². The molecule has 0 radical (unpaired) electrons. The third kappa shape index (κ3) is 5.96. The molecule has 5 heteroatoms. The Labute approximate surface area is 123 Å². The van der Waals surface area contributed by atoms with Gasteiger partial charge in [-0.15, -0.1) is 13.2 Å². The van der Waals surface area contributed by atoms with E-state index in [1.165, 1.54) is 25.0 Å². The van der Waals surface area contributed by atoms with E-state index < -0.39 is 6.36 Å². The summed E-state index contributed by atoms with van der Waals surface area (Å²) in [6, 6.07) is 6.78. The lowest BCUT2D eigenvalue weighted by atomic mass is 10.0. The number of hydrogen-bond donors (Lipinski definition) is 1. The van der Waals surface area contributed by atoms with Crippen LogP contribution in [0.4, 0.5) is 13.2 Å². The van der Waals surface area contributed by atoms with Gasteiger partial charge in [0.05, 0.1) is 0 Å². The maximum absolute atomic E-state index is 12.1. The van der Waals surface area contributed by atoms with Crippen LogP contribution >= 0.6 is 0 Å². The average molecular weight is 301 g/mol. The van der Waals surface area contributed by atoms with E-state index in [4.69, 9.17) is 0 Å². The van der Waals surface area contributed by atoms with Crippen molar-refractivity contribution in [3.63, 3.8) is 0 Å². The third-order valence-electron chi connectivity index (χ3n) is 3.79. The van der Waals surface area contributed by atoms with Gasteiger partial charge in [-0.1, -0.05) is 19.1 Å². The van der Waals surface area contributed by atoms with Crippen molar-refractivity contribution in [3.8, 4) is 5.75 Å². The standard InChI is InChI=1S/C16H22F3NO/c1-2-20-15(13-8-9-13)5-3-4-12-6-10-14(11-7-12)21-16(17,18)19/h6-7,10-11,13,15,20H,2-5,8-9H2,1H3. The molecule has 2 nitrogen and oxygen atoms in total. The summed E-state index contributed by atoms with van der Waals surface area (Å²) < 4.78 is 40.0. The molecule has 1 saturated carbocycles. The Morgan fingerprint density at radius 2 is 1.90 bits per heavy atom. The summed E-state index contributed by atoms with van der Waals surface area (Å²) in [5.74, 6) is 0.669. The van der Waals surface area contributed by atoms with Crippen molar-refractivity contribution < 1.29 is 17.9 Å². The zero-order valence-electron chi connectivity index (χ0n) is 12.2. The Morgan fingerprint density at radius 1 is 1.24 bits per heavy atom. The maximum atomic E-state index is 12.1. The van der Waals surface area contributed by atoms with Crippen molar-refractivity contribution in [3.05, 3.63) is 29.8 Å². The van der Waals surface area contributed by atoms with E-state index in [9.17, 15) is 13.2 Å². The van der Waals surface area contributed by atoms with Gasteiger partial charge in [0.15, 0.2) is 0 Å². The minimum Gasteiger partial charge on any atom is -0.406 e. The molecule has 0 saturated heterocycles. The summed E-state index contributed by atoms with van der Waals surface area (Å²) in [6.07, 6.45) is 1.08. The molecule has 0 aromatic heterocycles. The van der Waals surface area contributed by atoms with Gasteiger partial charge in [0, 0.05) is 6.04 Å². The SMILES string of the molecule is CCNC(CCCc1ccc(OC(F)(F)F)cc1)C1CC1. The predicted molar refractivity (Wildman–Crippen MR) is 76.3 cm³/mol. The van der Waals surface area contributed by atoms with E-state index in [0.717, 1.165) is 37.3 Å². The van der Waals surface area contributed by atoms with Crippen molar-refractivity contribution >= 4 is 0 Å². The molecule has 0 amide bonds. The number of alkyl halides is 3. The molecule has 1 N–H and O–H groups in total. The van der Waals surface area contributed by atoms with Gasteiger partial charge in [0.2, 0.25) is 0 Å². The Morgan fingerprint density at radius 3 is 2.43 bits per heavy atom. The van der Waals surface area contributed by atoms with Gasteiger partial charge in [-0.25, -0.2) is 0 Å². The minimum absolute atomic E-state index is 0.158. The Bertz CT molecular complexity index is 426. The number of halogens is 3. The topological polar surface area (TPSA) is 21.3 Å². The molecule has 21 heavy (non-hydrogen) atoms. The summed E-state index contributed by atoms with van der Waals surface area (Å²) in [5, 5.41) is 3.52. The Kier molecular flexibility index (Phi) is 5.51. The highest BCUT2D eigenvalue weighted by Gasteiger charge is 2.31. The first-order valence-corrected chi connectivity index (χ1v) is 7.56. The number of nitrogens with one attached hydrogen (secondary N) is 1. The molecule has 1 fully saturated rings. The van der Waals surface area contributed by atoms with Crippen LogP contribution in [0.3, 0.4) is 0 Å². The van der Waals surface area contributed by atoms with Crippen molar-refractivity contribution in [2.75, 3.05) is 6.54 Å². The lowest BCUT2D eigenvalue weighted by Crippen LogP contribution is -2.30. The minimum atomic E-state index is -4.62. The highest BCUT2D eigenvalue weighted by molar-refractivity contribution is 5.27. The summed E-state index contributed by atoms with van der Waals surface area (Å²) >= 11 is 0. The lowest BCUT2D eigenvalue weighted by Gasteiger charge is -2.17. The van der Waals surface area contributed by atoms with Gasteiger partial charge in [-0.3, -0.25) is 0 Å². The number of rotatable bonds is 8. The average Bonchev–Trinajstić information content (AvgIpc) is 3.22. The van der Waals surface area contributed by atoms with E-state index in [1.807, 2.05) is 0 Å². The quantitative estimate of drug-likeness (QED) is 0.773. The fourth-order valence-corrected chi connectivity index (χ4v) is 2.65. The first-order valence-electron chi connectivity index (χ1n) is 7.56. The first-order chi connectivity index (χ1) is 9.98. The summed E-state index contributed by atoms with van der Waals surface area (Å²) in [6.45, 7) is 3.11. The number of hydrogen-bond acceptors (Lipinski definition) is 2. The normalized spacial score (nSPS) is 16.8. The monoisotopic (exact) mass is 301 g/mol. The van der Waals surface area contributed by atoms with E-state index in [2.05, 4.69) is 17.0 Å². The molecule has 1 aliphatic rings. The molecule has 2 rings (SSSR count). The molecule has 1 aliphatic carbocycles. The second-order valence-electron chi connectivity index (χ2n) is 5.59. The fraction of sp³-hybridized carbons (Fsp3) is 0.625. The highest BCUT2D eigenvalue weighted by Crippen LogP contribution is 2.34. The van der Waals surface area contributed by atoms with E-state index in [-0.39, 0.29) is 5.75 Å². The molecule has 0 spiro atoms. The second kappa shape index (κ2) is 7.16. The van der Waals surface area contributed by atoms with Crippen LogP contribution in [0.2, 0.25) is 0 Å². The second-order valence-corrected chi connectivity index (χ2v) is 5.59. The van der Waals surface area contributed by atoms with Crippen molar-refractivity contribution in [1.29, 1.82) is 0 Å². The van der Waals surface area contributed by atoms with Gasteiger partial charge < -0.3 is 10.1 Å². The van der Waals surface area contributed by atoms with Crippen molar-refractivity contribution in [2.24, 2.45) is 5.92 Å². The van der Waals surface area contributed by atoms with E-state index in [0.29, 0.717) is 6.04 Å². The van der Waals surface area contributed by atoms with Crippen LogP contribution in [0.15, 0.2) is 24.3 Å². The smallest absolute Gasteiger partial charge is 0.406 e. The molecule has 0 heterocycles. The van der Waals surface area contributed by atoms with Crippen LogP contribution < -0.4 is 10.1 Å². The van der Waals surface area contributed by atoms with Gasteiger partial charge in [0.1, 0.15) is 5.75 Å². The molecule has 0 bridgehead atoms. The van der Waals surface area contributed by atoms with E-state index in [1.54, 1.807) is 12.1 Å². The van der Waals surface area contributed by atoms with Crippen LogP contribution in [0.25, 0.3) is 0 Å². The Balaban J connectivity index is 1.75. The molecule has 0 aliphatic heterocycles. The molecule has 1 aromatic carbocycles. The summed E-state index contributed by atoms with van der Waals surface area (Å²) in [4.78, 5) is 0. The lowest BCUT2D eigenvalue weighted by molar-refractivity contribution is -0.274. The molecule has 1 aromatic rings. The fourth-order valence-electron chi connectivity index (χ4n) is 2.65. The van der Waals surface area contributed by atoms with Crippen molar-refractivity contribution in [2.45, 2.75) is 51.4 Å². The van der Waals surface area contributed by atoms with Crippen LogP contribution in [-0.4, -0.2) is 18.9 Å². The molecule has 1 unspecified atom stereocenters. The van der Waals surface area contributed by atoms with Crippen LogP contribution in [0, 0.1) is 5.92 Å². The van der Waals surface area contributed by atoms with E-state index >= 15 is 0 Å². The van der Waals surface area contributed by atoms with Crippen molar-refractivity contribution in [1.82, 2.24) is 5.32 Å². The molecular weight excluding hydrogens is 279 g/mol. The summed E-state index contributed by atoms with van der Waals surface area (Å²) in [7, 11) is 0. The molecular formula is C16H22F3NO. The van der Waals surface area contributed by atoms with Gasteiger partial charge >= 0.3 is 6.36 Å². The third-order valence-corrected chi connectivity index (χ3v) is 3.79. The number of aryl methyl sites for hydroxylation is 1.